The lowest BCUT2D eigenvalue weighted by Crippen LogP contribution is -2.50. The number of allylic oxidation sites excluding steroid dienone is 5. The minimum atomic E-state index is -0.196. The maximum atomic E-state index is 12.9. The van der Waals surface area contributed by atoms with Gasteiger partial charge in [-0.15, -0.1) is 0 Å². The summed E-state index contributed by atoms with van der Waals surface area (Å²) in [5.41, 5.74) is 3.22. The molecule has 9 atom stereocenters. The molecule has 0 bridgehead atoms. The van der Waals surface area contributed by atoms with Gasteiger partial charge in [-0.25, -0.2) is 4.79 Å². The van der Waals surface area contributed by atoms with Crippen molar-refractivity contribution in [1.82, 2.24) is 0 Å². The maximum Gasteiger partial charge on any atom is 0.333 e. The van der Waals surface area contributed by atoms with Gasteiger partial charge in [0.25, 0.3) is 0 Å². The Morgan fingerprint density at radius 1 is 0.806 bits per heavy atom. The van der Waals surface area contributed by atoms with Crippen LogP contribution in [0.4, 0.5) is 0 Å². The second-order valence-corrected chi connectivity index (χ2v) is 12.8. The largest absolute Gasteiger partial charge is 0.458 e. The summed E-state index contributed by atoms with van der Waals surface area (Å²) in [6.45, 7) is 7.58. The molecule has 0 amide bonds. The maximum absolute atomic E-state index is 12.9. The predicted molar refractivity (Wildman–Crippen MR) is 145 cm³/mol. The van der Waals surface area contributed by atoms with E-state index in [9.17, 15) is 9.59 Å². The zero-order chi connectivity index (χ0) is 25.4. The van der Waals surface area contributed by atoms with Crippen molar-refractivity contribution in [2.75, 3.05) is 0 Å². The van der Waals surface area contributed by atoms with E-state index < -0.39 is 0 Å². The minimum Gasteiger partial charge on any atom is -0.458 e. The van der Waals surface area contributed by atoms with Crippen molar-refractivity contribution in [3.8, 4) is 0 Å². The molecule has 5 aliphatic rings. The van der Waals surface area contributed by atoms with Crippen LogP contribution in [0.5, 0.6) is 0 Å². The van der Waals surface area contributed by atoms with E-state index in [0.29, 0.717) is 23.8 Å². The Balaban J connectivity index is 1.38. The Hall–Kier alpha value is -1.64. The summed E-state index contributed by atoms with van der Waals surface area (Å²) >= 11 is 0. The number of ether oxygens (including phenoxy) is 1. The van der Waals surface area contributed by atoms with Gasteiger partial charge in [-0.2, -0.15) is 0 Å². The van der Waals surface area contributed by atoms with Gasteiger partial charge in [0, 0.05) is 23.8 Å². The Bertz CT molecular complexity index is 939. The molecule has 4 fully saturated rings. The summed E-state index contributed by atoms with van der Waals surface area (Å²) in [4.78, 5) is 25.8. The molecule has 0 spiro atoms. The molecule has 0 aliphatic heterocycles. The third-order valence-electron chi connectivity index (χ3n) is 11.3. The third-order valence-corrected chi connectivity index (χ3v) is 11.3. The van der Waals surface area contributed by atoms with Crippen molar-refractivity contribution in [3.05, 3.63) is 34.9 Å². The van der Waals surface area contributed by atoms with Crippen molar-refractivity contribution in [1.29, 1.82) is 0 Å². The summed E-state index contributed by atoms with van der Waals surface area (Å²) in [7, 11) is 0. The van der Waals surface area contributed by atoms with Gasteiger partial charge in [0.1, 0.15) is 6.10 Å². The quantitative estimate of drug-likeness (QED) is 0.222. The highest BCUT2D eigenvalue weighted by Gasteiger charge is 2.52. The fraction of sp³-hybridized carbons (Fsp3) is 0.758. The number of ketones is 1. The topological polar surface area (TPSA) is 43.4 Å². The molecular weight excluding hydrogens is 444 g/mol. The summed E-state index contributed by atoms with van der Waals surface area (Å²) < 4.78 is 6.29. The lowest BCUT2D eigenvalue weighted by molar-refractivity contribution is -0.157. The molecule has 5 aliphatic carbocycles. The summed E-state index contributed by atoms with van der Waals surface area (Å²) in [6.07, 6.45) is 21.3. The molecule has 0 saturated heterocycles. The van der Waals surface area contributed by atoms with Crippen LogP contribution in [0.2, 0.25) is 0 Å². The predicted octanol–water partition coefficient (Wildman–Crippen LogP) is 8.00. The van der Waals surface area contributed by atoms with Gasteiger partial charge in [-0.05, 0) is 120 Å². The average molecular weight is 493 g/mol. The molecule has 3 heteroatoms. The van der Waals surface area contributed by atoms with Gasteiger partial charge < -0.3 is 4.74 Å². The highest BCUT2D eigenvalue weighted by Crippen LogP contribution is 2.59. The van der Waals surface area contributed by atoms with Crippen LogP contribution in [-0.2, 0) is 14.3 Å². The second-order valence-electron chi connectivity index (χ2n) is 12.8. The van der Waals surface area contributed by atoms with Gasteiger partial charge in [-0.3, -0.25) is 4.79 Å². The first-order valence-electron chi connectivity index (χ1n) is 15.1. The lowest BCUT2D eigenvalue weighted by Gasteiger charge is -2.55. The average Bonchev–Trinajstić information content (AvgIpc) is 2.92. The standard InChI is InChI=1S/C33H48O3/c1-5-20(3)31(34)19-23-12-14-29-28-16-15-25-24-10-8-7-9-22(24)11-13-26(25)27(28)17-18-30(29)32(23)36-33(35)21(4)6-2/h5-6,16,22-27,29-30,32H,7-15,17-19H2,1-4H3/t22?,23-,24?,25?,26?,27?,29?,30?,32-/m0/s1. The molecule has 7 unspecified atom stereocenters. The Kier molecular flexibility index (Phi) is 7.94. The van der Waals surface area contributed by atoms with Crippen molar-refractivity contribution >= 4 is 11.8 Å². The Labute approximate surface area is 219 Å². The third kappa shape index (κ3) is 4.81. The SMILES string of the molecule is CC=C(C)C(=O)C[C@@H]1CCC2C3=CCC4C5CCCCC5CCC4C3CCC2[C@H]1OC(=O)C(C)=CC. The highest BCUT2D eigenvalue weighted by atomic mass is 16.5. The smallest absolute Gasteiger partial charge is 0.333 e. The van der Waals surface area contributed by atoms with E-state index in [0.717, 1.165) is 54.4 Å². The van der Waals surface area contributed by atoms with Gasteiger partial charge >= 0.3 is 5.97 Å². The molecule has 0 aromatic carbocycles. The molecule has 0 N–H and O–H groups in total. The number of carbonyl (C=O) groups is 2. The molecule has 0 heterocycles. The molecule has 0 radical (unpaired) electrons. The van der Waals surface area contributed by atoms with Crippen molar-refractivity contribution < 1.29 is 14.3 Å². The van der Waals surface area contributed by atoms with Crippen LogP contribution in [0.1, 0.15) is 105 Å². The zero-order valence-corrected chi connectivity index (χ0v) is 23.1. The number of carbonyl (C=O) groups excluding carboxylic acids is 2. The molecule has 3 nitrogen and oxygen atoms in total. The zero-order valence-electron chi connectivity index (χ0n) is 23.1. The molecule has 198 valence electrons. The summed E-state index contributed by atoms with van der Waals surface area (Å²) in [5.74, 6) is 5.57. The monoisotopic (exact) mass is 492 g/mol. The van der Waals surface area contributed by atoms with Crippen molar-refractivity contribution in [2.45, 2.75) is 111 Å². The number of hydrogen-bond acceptors (Lipinski definition) is 3. The van der Waals surface area contributed by atoms with E-state index in [4.69, 9.17) is 4.74 Å². The van der Waals surface area contributed by atoms with Gasteiger partial charge in [0.2, 0.25) is 0 Å². The van der Waals surface area contributed by atoms with Crippen molar-refractivity contribution in [3.63, 3.8) is 0 Å². The first-order valence-corrected chi connectivity index (χ1v) is 15.1. The number of rotatable bonds is 5. The van der Waals surface area contributed by atoms with Crippen LogP contribution >= 0.6 is 0 Å². The lowest BCUT2D eigenvalue weighted by atomic mass is 9.50. The van der Waals surface area contributed by atoms with E-state index >= 15 is 0 Å². The molecular formula is C33H48O3. The van der Waals surface area contributed by atoms with Gasteiger partial charge in [-0.1, -0.05) is 43.1 Å². The number of esters is 1. The van der Waals surface area contributed by atoms with Crippen LogP contribution in [-0.4, -0.2) is 17.9 Å². The van der Waals surface area contributed by atoms with Crippen LogP contribution in [0, 0.1) is 47.3 Å². The fourth-order valence-electron chi connectivity index (χ4n) is 9.22. The molecule has 5 rings (SSSR count). The van der Waals surface area contributed by atoms with Crippen LogP contribution in [0.3, 0.4) is 0 Å². The summed E-state index contributed by atoms with van der Waals surface area (Å²) in [5, 5.41) is 0. The van der Waals surface area contributed by atoms with Crippen LogP contribution in [0.15, 0.2) is 34.9 Å². The Morgan fingerprint density at radius 2 is 1.50 bits per heavy atom. The molecule has 0 aromatic rings. The molecule has 4 saturated carbocycles. The van der Waals surface area contributed by atoms with E-state index in [1.165, 1.54) is 51.4 Å². The number of fused-ring (bicyclic) bond motifs is 7. The normalized spacial score (nSPS) is 40.7. The van der Waals surface area contributed by atoms with Gasteiger partial charge in [0.15, 0.2) is 5.78 Å². The van der Waals surface area contributed by atoms with E-state index in [1.807, 2.05) is 39.8 Å². The Morgan fingerprint density at radius 3 is 2.28 bits per heavy atom. The van der Waals surface area contributed by atoms with Crippen LogP contribution in [0.25, 0.3) is 0 Å². The number of hydrogen-bond donors (Lipinski definition) is 0. The van der Waals surface area contributed by atoms with Crippen molar-refractivity contribution in [2.24, 2.45) is 47.3 Å². The summed E-state index contributed by atoms with van der Waals surface area (Å²) in [6, 6.07) is 0. The second kappa shape index (κ2) is 11.0. The number of Topliss-reactive ketones (excluding diaryl/α,β-unsaturated/α-hetero) is 1. The fourth-order valence-corrected chi connectivity index (χ4v) is 9.22. The highest BCUT2D eigenvalue weighted by molar-refractivity contribution is 5.94. The van der Waals surface area contributed by atoms with Gasteiger partial charge in [0.05, 0.1) is 0 Å². The van der Waals surface area contributed by atoms with E-state index in [-0.39, 0.29) is 23.8 Å². The van der Waals surface area contributed by atoms with E-state index in [2.05, 4.69) is 6.08 Å². The van der Waals surface area contributed by atoms with Crippen LogP contribution < -0.4 is 0 Å². The van der Waals surface area contributed by atoms with E-state index in [1.54, 1.807) is 5.57 Å². The molecule has 0 aromatic heterocycles. The first-order chi connectivity index (χ1) is 17.4. The minimum absolute atomic E-state index is 0.133. The molecule has 36 heavy (non-hydrogen) atoms. The first kappa shape index (κ1) is 26.0.